The van der Waals surface area contributed by atoms with Crippen LogP contribution >= 0.6 is 0 Å². The molecule has 1 amide bonds. The second-order valence-electron chi connectivity index (χ2n) is 5.49. The van der Waals surface area contributed by atoms with Crippen LogP contribution in [0.5, 0.6) is 11.5 Å². The molecule has 0 fully saturated rings. The zero-order valence-corrected chi connectivity index (χ0v) is 14.5. The van der Waals surface area contributed by atoms with Crippen LogP contribution in [0.3, 0.4) is 0 Å². The van der Waals surface area contributed by atoms with Gasteiger partial charge in [-0.25, -0.2) is 4.39 Å². The van der Waals surface area contributed by atoms with Crippen molar-refractivity contribution in [1.29, 1.82) is 0 Å². The van der Waals surface area contributed by atoms with E-state index >= 15 is 0 Å². The Balaban J connectivity index is 1.73. The zero-order chi connectivity index (χ0) is 18.1. The number of rotatable bonds is 9. The van der Waals surface area contributed by atoms with Crippen LogP contribution in [-0.2, 0) is 11.2 Å². The number of carbonyl (C=O) groups excluding carboxylic acids is 1. The van der Waals surface area contributed by atoms with Crippen LogP contribution in [0.25, 0.3) is 0 Å². The van der Waals surface area contributed by atoms with E-state index in [-0.39, 0.29) is 11.7 Å². The Labute approximate surface area is 147 Å². The summed E-state index contributed by atoms with van der Waals surface area (Å²) in [5.74, 6) is 0.883. The summed E-state index contributed by atoms with van der Waals surface area (Å²) in [5.41, 5.74) is 1.64. The van der Waals surface area contributed by atoms with Gasteiger partial charge >= 0.3 is 0 Å². The van der Waals surface area contributed by atoms with E-state index in [1.54, 1.807) is 44.6 Å². The fourth-order valence-electron chi connectivity index (χ4n) is 2.34. The summed E-state index contributed by atoms with van der Waals surface area (Å²) in [4.78, 5) is 12.1. The molecule has 0 aliphatic heterocycles. The number of benzene rings is 2. The molecule has 0 unspecified atom stereocenters. The molecule has 2 N–H and O–H groups in total. The third-order valence-corrected chi connectivity index (χ3v) is 3.71. The monoisotopic (exact) mass is 346 g/mol. The average molecular weight is 346 g/mol. The van der Waals surface area contributed by atoms with Crippen molar-refractivity contribution in [3.8, 4) is 11.5 Å². The molecule has 25 heavy (non-hydrogen) atoms. The van der Waals surface area contributed by atoms with Gasteiger partial charge in [0.05, 0.1) is 19.9 Å². The molecule has 0 bridgehead atoms. The SMILES string of the molecule is COc1ccc(OC)c(NC(=O)CCNCCc2ccc(F)cc2)c1. The van der Waals surface area contributed by atoms with Crippen molar-refractivity contribution < 1.29 is 18.7 Å². The summed E-state index contributed by atoms with van der Waals surface area (Å²) in [6, 6.07) is 11.7. The van der Waals surface area contributed by atoms with Gasteiger partial charge in [-0.05, 0) is 42.8 Å². The first-order valence-corrected chi connectivity index (χ1v) is 8.09. The number of hydrogen-bond acceptors (Lipinski definition) is 4. The largest absolute Gasteiger partial charge is 0.497 e. The van der Waals surface area contributed by atoms with Gasteiger partial charge in [0, 0.05) is 19.0 Å². The quantitative estimate of drug-likeness (QED) is 0.685. The molecule has 0 saturated carbocycles. The number of halogens is 1. The van der Waals surface area contributed by atoms with Crippen molar-refractivity contribution in [2.24, 2.45) is 0 Å². The maximum atomic E-state index is 12.8. The summed E-state index contributed by atoms with van der Waals surface area (Å²) in [6.07, 6.45) is 1.12. The van der Waals surface area contributed by atoms with E-state index in [9.17, 15) is 9.18 Å². The molecule has 134 valence electrons. The normalized spacial score (nSPS) is 10.4. The van der Waals surface area contributed by atoms with Gasteiger partial charge in [-0.1, -0.05) is 12.1 Å². The highest BCUT2D eigenvalue weighted by atomic mass is 19.1. The first kappa shape index (κ1) is 18.7. The maximum Gasteiger partial charge on any atom is 0.225 e. The third-order valence-electron chi connectivity index (χ3n) is 3.71. The molecule has 0 spiro atoms. The smallest absolute Gasteiger partial charge is 0.225 e. The highest BCUT2D eigenvalue weighted by Crippen LogP contribution is 2.28. The lowest BCUT2D eigenvalue weighted by Crippen LogP contribution is -2.23. The molecule has 0 heterocycles. The number of anilines is 1. The van der Waals surface area contributed by atoms with Gasteiger partial charge in [0.1, 0.15) is 17.3 Å². The minimum atomic E-state index is -0.235. The Morgan fingerprint density at radius 2 is 1.80 bits per heavy atom. The van der Waals surface area contributed by atoms with E-state index in [2.05, 4.69) is 10.6 Å². The van der Waals surface area contributed by atoms with Crippen molar-refractivity contribution in [2.45, 2.75) is 12.8 Å². The molecule has 0 atom stereocenters. The number of methoxy groups -OCH3 is 2. The van der Waals surface area contributed by atoms with Crippen LogP contribution in [0.2, 0.25) is 0 Å². The summed E-state index contributed by atoms with van der Waals surface area (Å²) >= 11 is 0. The van der Waals surface area contributed by atoms with Crippen LogP contribution in [0.4, 0.5) is 10.1 Å². The van der Waals surface area contributed by atoms with Crippen LogP contribution in [-0.4, -0.2) is 33.2 Å². The van der Waals surface area contributed by atoms with E-state index in [0.29, 0.717) is 30.2 Å². The maximum absolute atomic E-state index is 12.8. The van der Waals surface area contributed by atoms with Gasteiger partial charge in [-0.15, -0.1) is 0 Å². The molecule has 0 aromatic heterocycles. The van der Waals surface area contributed by atoms with Crippen LogP contribution < -0.4 is 20.1 Å². The fraction of sp³-hybridized carbons (Fsp3) is 0.316. The Hall–Kier alpha value is -2.60. The van der Waals surface area contributed by atoms with Gasteiger partial charge < -0.3 is 20.1 Å². The molecule has 5 nitrogen and oxygen atoms in total. The summed E-state index contributed by atoms with van der Waals surface area (Å²) in [6.45, 7) is 1.28. The van der Waals surface area contributed by atoms with Gasteiger partial charge in [0.2, 0.25) is 5.91 Å². The van der Waals surface area contributed by atoms with Gasteiger partial charge in [0.15, 0.2) is 0 Å². The van der Waals surface area contributed by atoms with E-state index in [0.717, 1.165) is 18.5 Å². The standard InChI is InChI=1S/C19H23FN2O3/c1-24-16-7-8-18(25-2)17(13-16)22-19(23)10-12-21-11-9-14-3-5-15(20)6-4-14/h3-8,13,21H,9-12H2,1-2H3,(H,22,23). The molecule has 6 heteroatoms. The first-order chi connectivity index (χ1) is 12.1. The minimum Gasteiger partial charge on any atom is -0.497 e. The molecule has 0 radical (unpaired) electrons. The molecular formula is C19H23FN2O3. The van der Waals surface area contributed by atoms with E-state index in [1.807, 2.05) is 0 Å². The van der Waals surface area contributed by atoms with Crippen LogP contribution in [0.1, 0.15) is 12.0 Å². The molecule has 0 saturated heterocycles. The lowest BCUT2D eigenvalue weighted by Gasteiger charge is -2.12. The second-order valence-corrected chi connectivity index (χ2v) is 5.49. The Morgan fingerprint density at radius 1 is 1.04 bits per heavy atom. The number of amides is 1. The van der Waals surface area contributed by atoms with Crippen molar-refractivity contribution in [3.05, 3.63) is 53.8 Å². The van der Waals surface area contributed by atoms with Crippen LogP contribution in [0.15, 0.2) is 42.5 Å². The third kappa shape index (κ3) is 6.08. The second kappa shape index (κ2) is 9.64. The van der Waals surface area contributed by atoms with Gasteiger partial charge in [-0.2, -0.15) is 0 Å². The van der Waals surface area contributed by atoms with Crippen molar-refractivity contribution in [3.63, 3.8) is 0 Å². The highest BCUT2D eigenvalue weighted by Gasteiger charge is 2.09. The molecule has 0 aliphatic carbocycles. The van der Waals surface area contributed by atoms with E-state index < -0.39 is 0 Å². The minimum absolute atomic E-state index is 0.110. The van der Waals surface area contributed by atoms with E-state index in [1.165, 1.54) is 12.1 Å². The van der Waals surface area contributed by atoms with Crippen molar-refractivity contribution in [1.82, 2.24) is 5.32 Å². The zero-order valence-electron chi connectivity index (χ0n) is 14.5. The van der Waals surface area contributed by atoms with Crippen LogP contribution in [0, 0.1) is 5.82 Å². The Morgan fingerprint density at radius 3 is 2.48 bits per heavy atom. The molecule has 2 aromatic rings. The highest BCUT2D eigenvalue weighted by molar-refractivity contribution is 5.92. The predicted octanol–water partition coefficient (Wildman–Crippen LogP) is 3.00. The number of nitrogens with one attached hydrogen (secondary N) is 2. The van der Waals surface area contributed by atoms with E-state index in [4.69, 9.17) is 9.47 Å². The van der Waals surface area contributed by atoms with Crippen molar-refractivity contribution in [2.75, 3.05) is 32.6 Å². The Kier molecular flexibility index (Phi) is 7.22. The number of ether oxygens (including phenoxy) is 2. The summed E-state index contributed by atoms with van der Waals surface area (Å²) < 4.78 is 23.2. The predicted molar refractivity (Wildman–Crippen MR) is 95.8 cm³/mol. The molecular weight excluding hydrogens is 323 g/mol. The molecule has 0 aliphatic rings. The summed E-state index contributed by atoms with van der Waals surface area (Å²) in [7, 11) is 3.12. The average Bonchev–Trinajstić information content (AvgIpc) is 2.63. The Bertz CT molecular complexity index is 690. The topological polar surface area (TPSA) is 59.6 Å². The number of carbonyl (C=O) groups is 1. The lowest BCUT2D eigenvalue weighted by atomic mass is 10.1. The molecule has 2 aromatic carbocycles. The first-order valence-electron chi connectivity index (χ1n) is 8.09. The van der Waals surface area contributed by atoms with Gasteiger partial charge in [-0.3, -0.25) is 4.79 Å². The summed E-state index contributed by atoms with van der Waals surface area (Å²) in [5, 5.41) is 6.03. The fourth-order valence-corrected chi connectivity index (χ4v) is 2.34. The lowest BCUT2D eigenvalue weighted by molar-refractivity contribution is -0.116. The van der Waals surface area contributed by atoms with Crippen molar-refractivity contribution >= 4 is 11.6 Å². The molecule has 2 rings (SSSR count). The van der Waals surface area contributed by atoms with Gasteiger partial charge in [0.25, 0.3) is 0 Å². The number of hydrogen-bond donors (Lipinski definition) is 2.